The Balaban J connectivity index is 1.93. The van der Waals surface area contributed by atoms with Crippen molar-refractivity contribution in [2.45, 2.75) is 30.5 Å². The van der Waals surface area contributed by atoms with Crippen LogP contribution in [-0.2, 0) is 21.0 Å². The summed E-state index contributed by atoms with van der Waals surface area (Å²) in [5, 5.41) is 6.62. The third-order valence-electron chi connectivity index (χ3n) is 4.24. The fourth-order valence-corrected chi connectivity index (χ4v) is 3.91. The third-order valence-corrected chi connectivity index (χ3v) is 5.68. The van der Waals surface area contributed by atoms with Gasteiger partial charge in [-0.1, -0.05) is 11.2 Å². The highest BCUT2D eigenvalue weighted by atomic mass is 32.2. The van der Waals surface area contributed by atoms with Crippen molar-refractivity contribution in [2.75, 3.05) is 18.5 Å². The minimum absolute atomic E-state index is 0.0354. The van der Waals surface area contributed by atoms with Crippen LogP contribution >= 0.6 is 0 Å². The molecule has 0 spiro atoms. The van der Waals surface area contributed by atoms with Crippen LogP contribution in [0.25, 0.3) is 0 Å². The molecule has 0 unspecified atom stereocenters. The number of aromatic nitrogens is 1. The zero-order valence-electron chi connectivity index (χ0n) is 15.4. The van der Waals surface area contributed by atoms with Gasteiger partial charge < -0.3 is 10.2 Å². The van der Waals surface area contributed by atoms with Crippen molar-refractivity contribution in [1.82, 2.24) is 9.71 Å². The molecule has 0 fully saturated rings. The number of pyridine rings is 1. The van der Waals surface area contributed by atoms with E-state index in [2.05, 4.69) is 20.2 Å². The second-order valence-corrected chi connectivity index (χ2v) is 8.13. The van der Waals surface area contributed by atoms with Crippen molar-refractivity contribution >= 4 is 21.4 Å². The Bertz CT molecular complexity index is 995. The number of oxime groups is 1. The maximum Gasteiger partial charge on any atom is 0.416 e. The van der Waals surface area contributed by atoms with Crippen molar-refractivity contribution in [1.29, 1.82) is 0 Å². The fourth-order valence-electron chi connectivity index (χ4n) is 2.70. The molecule has 1 aliphatic heterocycles. The average molecular weight is 428 g/mol. The third kappa shape index (κ3) is 5.24. The summed E-state index contributed by atoms with van der Waals surface area (Å²) in [6.45, 7) is 1.93. The summed E-state index contributed by atoms with van der Waals surface area (Å²) in [6.07, 6.45) is -2.66. The number of nitrogens with zero attached hydrogens (tertiary/aromatic N) is 2. The van der Waals surface area contributed by atoms with Crippen LogP contribution in [-0.4, -0.2) is 32.3 Å². The van der Waals surface area contributed by atoms with Crippen LogP contribution in [0.3, 0.4) is 0 Å². The van der Waals surface area contributed by atoms with Crippen LogP contribution in [0.5, 0.6) is 0 Å². The normalized spacial score (nSPS) is 15.5. The molecule has 7 nitrogen and oxygen atoms in total. The van der Waals surface area contributed by atoms with Crippen LogP contribution in [0.2, 0.25) is 0 Å². The lowest BCUT2D eigenvalue weighted by Crippen LogP contribution is -2.30. The summed E-state index contributed by atoms with van der Waals surface area (Å²) in [5.41, 5.74) is 0.0572. The summed E-state index contributed by atoms with van der Waals surface area (Å²) in [4.78, 5) is 8.47. The molecule has 0 saturated carbocycles. The number of halogens is 3. The first kappa shape index (κ1) is 21.1. The molecule has 1 atom stereocenters. The Labute approximate surface area is 166 Å². The van der Waals surface area contributed by atoms with E-state index in [1.54, 1.807) is 31.3 Å². The lowest BCUT2D eigenvalue weighted by Gasteiger charge is -2.19. The van der Waals surface area contributed by atoms with E-state index in [-0.39, 0.29) is 12.2 Å². The van der Waals surface area contributed by atoms with Gasteiger partial charge in [0.1, 0.15) is 11.5 Å². The molecule has 1 aromatic heterocycles. The van der Waals surface area contributed by atoms with Crippen LogP contribution in [0.1, 0.15) is 30.6 Å². The van der Waals surface area contributed by atoms with Crippen molar-refractivity contribution in [3.8, 4) is 0 Å². The SMILES string of the molecule is C[C@H](Nc1ccc(C(F)(F)F)cc1S(=O)(=O)NCC1=NOCC1)c1ccccn1. The van der Waals surface area contributed by atoms with Gasteiger partial charge in [0.2, 0.25) is 10.0 Å². The van der Waals surface area contributed by atoms with E-state index in [1.165, 1.54) is 0 Å². The van der Waals surface area contributed by atoms with E-state index in [9.17, 15) is 21.6 Å². The van der Waals surface area contributed by atoms with Crippen molar-refractivity contribution < 1.29 is 26.4 Å². The second kappa shape index (κ2) is 8.37. The molecule has 11 heteroatoms. The maximum atomic E-state index is 13.2. The number of benzene rings is 1. The number of hydrogen-bond acceptors (Lipinski definition) is 6. The first-order valence-electron chi connectivity index (χ1n) is 8.73. The highest BCUT2D eigenvalue weighted by molar-refractivity contribution is 7.89. The van der Waals surface area contributed by atoms with E-state index in [4.69, 9.17) is 4.84 Å². The van der Waals surface area contributed by atoms with E-state index in [0.717, 1.165) is 12.1 Å². The van der Waals surface area contributed by atoms with Crippen molar-refractivity contribution in [3.63, 3.8) is 0 Å². The average Bonchev–Trinajstić information content (AvgIpc) is 3.20. The van der Waals surface area contributed by atoms with Gasteiger partial charge in [-0.2, -0.15) is 13.2 Å². The summed E-state index contributed by atoms with van der Waals surface area (Å²) in [5.74, 6) is 0. The predicted molar refractivity (Wildman–Crippen MR) is 101 cm³/mol. The largest absolute Gasteiger partial charge is 0.416 e. The maximum absolute atomic E-state index is 13.2. The quantitative estimate of drug-likeness (QED) is 0.706. The lowest BCUT2D eigenvalue weighted by atomic mass is 10.1. The lowest BCUT2D eigenvalue weighted by molar-refractivity contribution is -0.137. The van der Waals surface area contributed by atoms with Crippen LogP contribution in [0, 0.1) is 0 Å². The monoisotopic (exact) mass is 428 g/mol. The summed E-state index contributed by atoms with van der Waals surface area (Å²) < 4.78 is 67.3. The molecule has 0 saturated heterocycles. The zero-order valence-corrected chi connectivity index (χ0v) is 16.2. The molecule has 2 N–H and O–H groups in total. The Morgan fingerprint density at radius 3 is 2.66 bits per heavy atom. The van der Waals surface area contributed by atoms with E-state index < -0.39 is 32.7 Å². The number of alkyl halides is 3. The Hall–Kier alpha value is -2.66. The van der Waals surface area contributed by atoms with E-state index in [0.29, 0.717) is 30.5 Å². The minimum atomic E-state index is -4.68. The van der Waals surface area contributed by atoms with E-state index >= 15 is 0 Å². The van der Waals surface area contributed by atoms with Gasteiger partial charge in [-0.15, -0.1) is 0 Å². The standard InChI is InChI=1S/C18H19F3N4O3S/c1-12(15-4-2-3-8-22-15)24-16-6-5-13(18(19,20)21)10-17(16)29(26,27)23-11-14-7-9-28-25-14/h2-6,8,10,12,23-24H,7,9,11H2,1H3/t12-/m0/s1. The van der Waals surface area contributed by atoms with Gasteiger partial charge >= 0.3 is 6.18 Å². The van der Waals surface area contributed by atoms with Crippen LogP contribution in [0.15, 0.2) is 52.6 Å². The summed E-state index contributed by atoms with van der Waals surface area (Å²) in [6, 6.07) is 7.33. The van der Waals surface area contributed by atoms with E-state index in [1.807, 2.05) is 0 Å². The first-order valence-corrected chi connectivity index (χ1v) is 10.2. The Kier molecular flexibility index (Phi) is 6.08. The molecule has 2 aromatic rings. The molecule has 156 valence electrons. The molecule has 0 amide bonds. The number of nitrogens with one attached hydrogen (secondary N) is 2. The molecule has 3 rings (SSSR count). The Morgan fingerprint density at radius 1 is 1.24 bits per heavy atom. The molecule has 0 bridgehead atoms. The molecule has 0 radical (unpaired) electrons. The highest BCUT2D eigenvalue weighted by Crippen LogP contribution is 2.34. The van der Waals surface area contributed by atoms with Crippen LogP contribution < -0.4 is 10.0 Å². The number of sulfonamides is 1. The molecule has 1 aromatic carbocycles. The Morgan fingerprint density at radius 2 is 2.03 bits per heavy atom. The van der Waals surface area contributed by atoms with Gasteiger partial charge in [0.15, 0.2) is 0 Å². The van der Waals surface area contributed by atoms with Crippen LogP contribution in [0.4, 0.5) is 18.9 Å². The first-order chi connectivity index (χ1) is 13.7. The molecular formula is C18H19F3N4O3S. The highest BCUT2D eigenvalue weighted by Gasteiger charge is 2.33. The number of anilines is 1. The van der Waals surface area contributed by atoms with Gasteiger partial charge in [0.05, 0.1) is 35.2 Å². The van der Waals surface area contributed by atoms with Gasteiger partial charge in [-0.25, -0.2) is 13.1 Å². The van der Waals surface area contributed by atoms with Gasteiger partial charge in [-0.05, 0) is 37.3 Å². The fraction of sp³-hybridized carbons (Fsp3) is 0.333. The number of hydrogen-bond donors (Lipinski definition) is 2. The predicted octanol–water partition coefficient (Wildman–Crippen LogP) is 3.33. The number of rotatable bonds is 7. The van der Waals surface area contributed by atoms with Crippen molar-refractivity contribution in [2.24, 2.45) is 5.16 Å². The van der Waals surface area contributed by atoms with Gasteiger partial charge in [-0.3, -0.25) is 4.98 Å². The molecule has 2 heterocycles. The smallest absolute Gasteiger partial charge is 0.395 e. The molecule has 1 aliphatic rings. The van der Waals surface area contributed by atoms with Gasteiger partial charge in [0.25, 0.3) is 0 Å². The second-order valence-electron chi connectivity index (χ2n) is 6.39. The van der Waals surface area contributed by atoms with Gasteiger partial charge in [0, 0.05) is 12.6 Å². The summed E-state index contributed by atoms with van der Waals surface area (Å²) >= 11 is 0. The minimum Gasteiger partial charge on any atom is -0.395 e. The topological polar surface area (TPSA) is 92.7 Å². The molecular weight excluding hydrogens is 409 g/mol. The molecule has 29 heavy (non-hydrogen) atoms. The van der Waals surface area contributed by atoms with Crippen molar-refractivity contribution in [3.05, 3.63) is 53.9 Å². The molecule has 0 aliphatic carbocycles. The zero-order chi connectivity index (χ0) is 21.1. The summed E-state index contributed by atoms with van der Waals surface area (Å²) in [7, 11) is -4.26.